The smallest absolute Gasteiger partial charge is 0.264 e. The Morgan fingerprint density at radius 1 is 1.07 bits per heavy atom. The van der Waals surface area contributed by atoms with Crippen molar-refractivity contribution in [2.75, 3.05) is 0 Å². The third-order valence-electron chi connectivity index (χ3n) is 4.29. The lowest BCUT2D eigenvalue weighted by molar-refractivity contribution is 1.01. The van der Waals surface area contributed by atoms with Crippen LogP contribution in [0.1, 0.15) is 11.1 Å². The van der Waals surface area contributed by atoms with E-state index in [-0.39, 0.29) is 5.56 Å². The summed E-state index contributed by atoms with van der Waals surface area (Å²) in [5.41, 5.74) is 1.90. The maximum atomic E-state index is 13.4. The van der Waals surface area contributed by atoms with Crippen LogP contribution in [0.3, 0.4) is 0 Å². The molecule has 1 aromatic carbocycles. The van der Waals surface area contributed by atoms with Gasteiger partial charge < -0.3 is 0 Å². The molecule has 3 heterocycles. The standard InChI is InChI=1S/C22H12Cl2N4O/c23-18-9-19(24)11-20(10-18)28-21-14(3-2-6-27-21)7-16(22(28)29)8-17(12-25)15-4-1-5-26-13-15/h1-11,13H. The van der Waals surface area contributed by atoms with Crippen molar-refractivity contribution in [1.29, 1.82) is 5.26 Å². The SMILES string of the molecule is N#CC(=Cc1cc2cccnc2n(-c2cc(Cl)cc(Cl)c2)c1=O)c1cccnc1. The highest BCUT2D eigenvalue weighted by Crippen LogP contribution is 2.24. The Morgan fingerprint density at radius 2 is 1.83 bits per heavy atom. The molecular formula is C22H12Cl2N4O. The van der Waals surface area contributed by atoms with Crippen molar-refractivity contribution < 1.29 is 0 Å². The summed E-state index contributed by atoms with van der Waals surface area (Å²) in [6.45, 7) is 0. The number of benzene rings is 1. The lowest BCUT2D eigenvalue weighted by Gasteiger charge is -2.12. The van der Waals surface area contributed by atoms with E-state index in [0.29, 0.717) is 38.1 Å². The summed E-state index contributed by atoms with van der Waals surface area (Å²) in [4.78, 5) is 21.8. The van der Waals surface area contributed by atoms with Crippen LogP contribution in [0.4, 0.5) is 0 Å². The summed E-state index contributed by atoms with van der Waals surface area (Å²) in [5.74, 6) is 0. The van der Waals surface area contributed by atoms with Crippen LogP contribution < -0.4 is 5.56 Å². The predicted molar refractivity (Wildman–Crippen MR) is 115 cm³/mol. The quantitative estimate of drug-likeness (QED) is 0.431. The molecule has 0 aliphatic carbocycles. The van der Waals surface area contributed by atoms with Crippen LogP contribution in [0.2, 0.25) is 10.0 Å². The summed E-state index contributed by atoms with van der Waals surface area (Å²) in [5, 5.41) is 11.1. The van der Waals surface area contributed by atoms with Crippen LogP contribution in [0.25, 0.3) is 28.4 Å². The first-order valence-electron chi connectivity index (χ1n) is 8.56. The van der Waals surface area contributed by atoms with Gasteiger partial charge in [-0.25, -0.2) is 4.98 Å². The lowest BCUT2D eigenvalue weighted by Crippen LogP contribution is -2.21. The third-order valence-corrected chi connectivity index (χ3v) is 4.72. The first kappa shape index (κ1) is 18.9. The summed E-state index contributed by atoms with van der Waals surface area (Å²) in [6.07, 6.45) is 6.35. The molecule has 7 heteroatoms. The summed E-state index contributed by atoms with van der Waals surface area (Å²) < 4.78 is 1.44. The van der Waals surface area contributed by atoms with E-state index in [2.05, 4.69) is 16.0 Å². The molecule has 0 aliphatic heterocycles. The van der Waals surface area contributed by atoms with E-state index in [1.54, 1.807) is 67.1 Å². The van der Waals surface area contributed by atoms with E-state index in [1.165, 1.54) is 4.57 Å². The molecule has 4 aromatic rings. The van der Waals surface area contributed by atoms with Gasteiger partial charge >= 0.3 is 0 Å². The number of fused-ring (bicyclic) bond motifs is 1. The first-order chi connectivity index (χ1) is 14.1. The second kappa shape index (κ2) is 7.88. The van der Waals surface area contributed by atoms with Gasteiger partial charge in [0.1, 0.15) is 5.65 Å². The molecule has 0 spiro atoms. The normalized spacial score (nSPS) is 11.4. The minimum absolute atomic E-state index is 0.328. The summed E-state index contributed by atoms with van der Waals surface area (Å²) in [7, 11) is 0. The first-order valence-corrected chi connectivity index (χ1v) is 9.32. The topological polar surface area (TPSA) is 71.6 Å². The number of halogens is 2. The highest BCUT2D eigenvalue weighted by Gasteiger charge is 2.13. The van der Waals surface area contributed by atoms with Crippen molar-refractivity contribution in [3.63, 3.8) is 0 Å². The molecule has 0 amide bonds. The second-order valence-corrected chi connectivity index (χ2v) is 7.07. The Labute approximate surface area is 176 Å². The number of nitrogens with zero attached hydrogens (tertiary/aromatic N) is 4. The van der Waals surface area contributed by atoms with Gasteiger partial charge in [0.15, 0.2) is 0 Å². The molecule has 0 saturated heterocycles. The Kier molecular flexibility index (Phi) is 5.13. The molecule has 0 unspecified atom stereocenters. The molecule has 0 fully saturated rings. The second-order valence-electron chi connectivity index (χ2n) is 6.20. The van der Waals surface area contributed by atoms with E-state index in [1.807, 2.05) is 6.07 Å². The van der Waals surface area contributed by atoms with Gasteiger partial charge in [0.05, 0.1) is 17.3 Å². The van der Waals surface area contributed by atoms with Gasteiger partial charge in [0, 0.05) is 45.1 Å². The lowest BCUT2D eigenvalue weighted by atomic mass is 10.1. The van der Waals surface area contributed by atoms with Crippen LogP contribution in [-0.4, -0.2) is 14.5 Å². The number of pyridine rings is 3. The number of allylic oxidation sites excluding steroid dienone is 1. The molecular weight excluding hydrogens is 407 g/mol. The maximum Gasteiger partial charge on any atom is 0.264 e. The largest absolute Gasteiger partial charge is 0.268 e. The van der Waals surface area contributed by atoms with E-state index in [9.17, 15) is 10.1 Å². The van der Waals surface area contributed by atoms with Gasteiger partial charge in [-0.1, -0.05) is 29.3 Å². The van der Waals surface area contributed by atoms with Gasteiger partial charge in [-0.15, -0.1) is 0 Å². The van der Waals surface area contributed by atoms with Gasteiger partial charge in [0.2, 0.25) is 0 Å². The third kappa shape index (κ3) is 3.77. The van der Waals surface area contributed by atoms with Crippen molar-refractivity contribution in [3.05, 3.63) is 98.6 Å². The number of hydrogen-bond acceptors (Lipinski definition) is 4. The van der Waals surface area contributed by atoms with Crippen molar-refractivity contribution in [1.82, 2.24) is 14.5 Å². The summed E-state index contributed by atoms with van der Waals surface area (Å²) in [6, 6.07) is 15.8. The molecule has 0 N–H and O–H groups in total. The Bertz CT molecular complexity index is 1330. The Morgan fingerprint density at radius 3 is 2.52 bits per heavy atom. The molecule has 29 heavy (non-hydrogen) atoms. The molecule has 140 valence electrons. The number of aromatic nitrogens is 3. The molecule has 4 rings (SSSR count). The zero-order valence-electron chi connectivity index (χ0n) is 14.9. The fourth-order valence-electron chi connectivity index (χ4n) is 3.03. The molecule has 0 radical (unpaired) electrons. The highest BCUT2D eigenvalue weighted by molar-refractivity contribution is 6.34. The zero-order chi connectivity index (χ0) is 20.4. The monoisotopic (exact) mass is 418 g/mol. The molecule has 3 aromatic heterocycles. The molecule has 0 saturated carbocycles. The fourth-order valence-corrected chi connectivity index (χ4v) is 3.55. The van der Waals surface area contributed by atoms with Gasteiger partial charge in [0.25, 0.3) is 5.56 Å². The summed E-state index contributed by atoms with van der Waals surface area (Å²) >= 11 is 12.3. The van der Waals surface area contributed by atoms with E-state index >= 15 is 0 Å². The highest BCUT2D eigenvalue weighted by atomic mass is 35.5. The Hall–Kier alpha value is -3.46. The molecule has 0 bridgehead atoms. The van der Waals surface area contributed by atoms with E-state index < -0.39 is 0 Å². The Balaban J connectivity index is 2.03. The average molecular weight is 419 g/mol. The fraction of sp³-hybridized carbons (Fsp3) is 0. The minimum atomic E-state index is -0.342. The molecule has 0 aliphatic rings. The van der Waals surface area contributed by atoms with E-state index in [4.69, 9.17) is 23.2 Å². The van der Waals surface area contributed by atoms with Gasteiger partial charge in [-0.05, 0) is 48.5 Å². The zero-order valence-corrected chi connectivity index (χ0v) is 16.4. The van der Waals surface area contributed by atoms with E-state index in [0.717, 1.165) is 5.39 Å². The number of hydrogen-bond donors (Lipinski definition) is 0. The van der Waals surface area contributed by atoms with Crippen molar-refractivity contribution in [2.45, 2.75) is 0 Å². The van der Waals surface area contributed by atoms with Crippen LogP contribution in [0, 0.1) is 11.3 Å². The maximum absolute atomic E-state index is 13.4. The molecule has 0 atom stereocenters. The number of rotatable bonds is 3. The van der Waals surface area contributed by atoms with Crippen molar-refractivity contribution in [3.8, 4) is 11.8 Å². The number of nitriles is 1. The van der Waals surface area contributed by atoms with Crippen molar-refractivity contribution in [2.24, 2.45) is 0 Å². The van der Waals surface area contributed by atoms with Crippen LogP contribution in [-0.2, 0) is 0 Å². The van der Waals surface area contributed by atoms with Crippen LogP contribution >= 0.6 is 23.2 Å². The van der Waals surface area contributed by atoms with Crippen molar-refractivity contribution >= 4 is 45.9 Å². The predicted octanol–water partition coefficient (Wildman–Crippen LogP) is 5.15. The van der Waals surface area contributed by atoms with Crippen LogP contribution in [0.5, 0.6) is 0 Å². The average Bonchev–Trinajstić information content (AvgIpc) is 2.72. The van der Waals surface area contributed by atoms with Crippen LogP contribution in [0.15, 0.2) is 71.9 Å². The van der Waals surface area contributed by atoms with Gasteiger partial charge in [-0.2, -0.15) is 5.26 Å². The van der Waals surface area contributed by atoms with Gasteiger partial charge in [-0.3, -0.25) is 14.3 Å². The molecule has 5 nitrogen and oxygen atoms in total. The minimum Gasteiger partial charge on any atom is -0.268 e.